The monoisotopic (exact) mass is 419 g/mol. The summed E-state index contributed by atoms with van der Waals surface area (Å²) < 4.78 is 11.9. The summed E-state index contributed by atoms with van der Waals surface area (Å²) in [6.07, 6.45) is 2.77. The fraction of sp³-hybridized carbons (Fsp3) is 0.385. The lowest BCUT2D eigenvalue weighted by Gasteiger charge is -2.25. The van der Waals surface area contributed by atoms with Crippen molar-refractivity contribution in [3.63, 3.8) is 0 Å². The second-order valence-corrected chi connectivity index (χ2v) is 8.53. The molecule has 4 rings (SSSR count). The van der Waals surface area contributed by atoms with Crippen LogP contribution in [0.3, 0.4) is 0 Å². The third-order valence-corrected chi connectivity index (χ3v) is 5.76. The first kappa shape index (κ1) is 21.2. The molecule has 2 heterocycles. The van der Waals surface area contributed by atoms with Gasteiger partial charge in [-0.05, 0) is 48.6 Å². The van der Waals surface area contributed by atoms with Crippen molar-refractivity contribution in [1.82, 2.24) is 4.90 Å². The maximum atomic E-state index is 13.4. The molecule has 1 aromatic heterocycles. The molecule has 0 spiro atoms. The lowest BCUT2D eigenvalue weighted by atomic mass is 9.98. The van der Waals surface area contributed by atoms with Crippen LogP contribution in [0.5, 0.6) is 5.75 Å². The van der Waals surface area contributed by atoms with Gasteiger partial charge in [-0.2, -0.15) is 0 Å². The van der Waals surface area contributed by atoms with Crippen LogP contribution in [-0.4, -0.2) is 24.0 Å². The number of para-hydroxylation sites is 1. The molecule has 0 radical (unpaired) electrons. The minimum Gasteiger partial charge on any atom is -0.494 e. The number of benzene rings is 2. The van der Waals surface area contributed by atoms with Gasteiger partial charge < -0.3 is 14.1 Å². The highest BCUT2D eigenvalue weighted by molar-refractivity contribution is 5.99. The topological polar surface area (TPSA) is 59.8 Å². The molecule has 2 aromatic carbocycles. The lowest BCUT2D eigenvalue weighted by Crippen LogP contribution is -2.30. The van der Waals surface area contributed by atoms with E-state index in [1.54, 1.807) is 23.1 Å². The second-order valence-electron chi connectivity index (χ2n) is 8.53. The number of nitrogens with zero attached hydrogens (tertiary/aromatic N) is 1. The second kappa shape index (κ2) is 8.96. The Bertz CT molecular complexity index is 1150. The summed E-state index contributed by atoms with van der Waals surface area (Å²) in [5.41, 5.74) is 1.61. The molecule has 162 valence electrons. The summed E-state index contributed by atoms with van der Waals surface area (Å²) in [5, 5.41) is 0.501. The van der Waals surface area contributed by atoms with Crippen LogP contribution in [0, 0.1) is 5.92 Å². The van der Waals surface area contributed by atoms with Crippen molar-refractivity contribution in [3.05, 3.63) is 75.6 Å². The third-order valence-electron chi connectivity index (χ3n) is 5.76. The van der Waals surface area contributed by atoms with E-state index in [9.17, 15) is 9.59 Å². The van der Waals surface area contributed by atoms with E-state index >= 15 is 0 Å². The number of amides is 1. The van der Waals surface area contributed by atoms with Gasteiger partial charge in [0.15, 0.2) is 5.43 Å². The summed E-state index contributed by atoms with van der Waals surface area (Å²) >= 11 is 0. The molecule has 31 heavy (non-hydrogen) atoms. The summed E-state index contributed by atoms with van der Waals surface area (Å²) in [5.74, 6) is 1.25. The Morgan fingerprint density at radius 1 is 1.10 bits per heavy atom. The molecule has 0 saturated carbocycles. The average Bonchev–Trinajstić information content (AvgIpc) is 3.04. The molecular weight excluding hydrogens is 390 g/mol. The van der Waals surface area contributed by atoms with Crippen LogP contribution in [0.25, 0.3) is 11.0 Å². The molecule has 1 amide bonds. The zero-order valence-corrected chi connectivity index (χ0v) is 18.4. The highest BCUT2D eigenvalue weighted by Gasteiger charge is 2.42. The minimum atomic E-state index is -0.469. The zero-order chi connectivity index (χ0) is 22.0. The van der Waals surface area contributed by atoms with Crippen LogP contribution in [0.1, 0.15) is 67.8 Å². The Labute approximate surface area is 182 Å². The normalized spacial score (nSPS) is 15.7. The fourth-order valence-corrected chi connectivity index (χ4v) is 4.06. The van der Waals surface area contributed by atoms with Gasteiger partial charge in [0.1, 0.15) is 11.3 Å². The summed E-state index contributed by atoms with van der Waals surface area (Å²) in [6, 6.07) is 14.4. The lowest BCUT2D eigenvalue weighted by molar-refractivity contribution is 0.0725. The van der Waals surface area contributed by atoms with E-state index in [1.807, 2.05) is 30.3 Å². The van der Waals surface area contributed by atoms with Crippen molar-refractivity contribution in [2.45, 2.75) is 46.1 Å². The Hall–Kier alpha value is -3.08. The number of hydrogen-bond acceptors (Lipinski definition) is 4. The summed E-state index contributed by atoms with van der Waals surface area (Å²) in [4.78, 5) is 28.5. The van der Waals surface area contributed by atoms with Gasteiger partial charge in [0.25, 0.3) is 5.91 Å². The smallest absolute Gasteiger partial charge is 0.290 e. The van der Waals surface area contributed by atoms with Gasteiger partial charge in [0.05, 0.1) is 23.6 Å². The van der Waals surface area contributed by atoms with Gasteiger partial charge in [-0.3, -0.25) is 9.59 Å². The number of carbonyl (C=O) groups excluding carboxylic acids is 1. The molecule has 0 N–H and O–H groups in total. The molecule has 0 saturated heterocycles. The van der Waals surface area contributed by atoms with E-state index in [4.69, 9.17) is 9.15 Å². The molecule has 1 aliphatic rings. The number of carbonyl (C=O) groups is 1. The van der Waals surface area contributed by atoms with Crippen molar-refractivity contribution in [3.8, 4) is 5.75 Å². The summed E-state index contributed by atoms with van der Waals surface area (Å²) in [6.45, 7) is 7.61. The highest BCUT2D eigenvalue weighted by atomic mass is 16.5. The summed E-state index contributed by atoms with van der Waals surface area (Å²) in [7, 11) is 0. The Kier molecular flexibility index (Phi) is 6.12. The Balaban J connectivity index is 1.79. The van der Waals surface area contributed by atoms with Crippen LogP contribution in [0.4, 0.5) is 0 Å². The first-order valence-corrected chi connectivity index (χ1v) is 11.1. The molecule has 1 atom stereocenters. The predicted octanol–water partition coefficient (Wildman–Crippen LogP) is 5.56. The maximum Gasteiger partial charge on any atom is 0.290 e. The maximum absolute atomic E-state index is 13.4. The van der Waals surface area contributed by atoms with Crippen molar-refractivity contribution in [1.29, 1.82) is 0 Å². The highest BCUT2D eigenvalue weighted by Crippen LogP contribution is 2.39. The third kappa shape index (κ3) is 4.09. The molecule has 1 unspecified atom stereocenters. The number of unbranched alkanes of at least 4 members (excludes halogenated alkanes) is 1. The van der Waals surface area contributed by atoms with Crippen LogP contribution in [-0.2, 0) is 0 Å². The largest absolute Gasteiger partial charge is 0.494 e. The van der Waals surface area contributed by atoms with E-state index in [-0.39, 0.29) is 17.1 Å². The van der Waals surface area contributed by atoms with Gasteiger partial charge >= 0.3 is 0 Å². The standard InChI is InChI=1S/C26H29NO4/c1-4-5-14-27-23(18-9-8-10-19(16-18)30-15-13-17(2)3)22-24(28)20-11-6-7-12-21(20)31-25(22)26(27)29/h6-12,16-17,23H,4-5,13-15H2,1-3H3. The SMILES string of the molecule is CCCCN1C(=O)c2oc3ccccc3c(=O)c2C1c1cccc(OCCC(C)C)c1. The van der Waals surface area contributed by atoms with Crippen molar-refractivity contribution < 1.29 is 13.9 Å². The van der Waals surface area contributed by atoms with E-state index in [1.165, 1.54) is 0 Å². The number of fused-ring (bicyclic) bond motifs is 2. The van der Waals surface area contributed by atoms with Gasteiger partial charge in [-0.1, -0.05) is 51.5 Å². The van der Waals surface area contributed by atoms with Gasteiger partial charge in [-0.15, -0.1) is 0 Å². The van der Waals surface area contributed by atoms with Crippen LogP contribution in [0.15, 0.2) is 57.7 Å². The quantitative estimate of drug-likeness (QED) is 0.479. The average molecular weight is 420 g/mol. The van der Waals surface area contributed by atoms with Crippen molar-refractivity contribution in [2.75, 3.05) is 13.2 Å². The Morgan fingerprint density at radius 2 is 1.90 bits per heavy atom. The molecule has 3 aromatic rings. The number of rotatable bonds is 8. The van der Waals surface area contributed by atoms with Crippen molar-refractivity contribution >= 4 is 16.9 Å². The number of hydrogen-bond donors (Lipinski definition) is 0. The first-order chi connectivity index (χ1) is 15.0. The zero-order valence-electron chi connectivity index (χ0n) is 18.4. The molecule has 5 nitrogen and oxygen atoms in total. The fourth-order valence-electron chi connectivity index (χ4n) is 4.06. The molecule has 0 bridgehead atoms. The van der Waals surface area contributed by atoms with Gasteiger partial charge in [-0.25, -0.2) is 0 Å². The molecule has 5 heteroatoms. The van der Waals surface area contributed by atoms with Crippen molar-refractivity contribution in [2.24, 2.45) is 5.92 Å². The Morgan fingerprint density at radius 3 is 2.68 bits per heavy atom. The van der Waals surface area contributed by atoms with Gasteiger partial charge in [0.2, 0.25) is 5.76 Å². The van der Waals surface area contributed by atoms with Crippen LogP contribution >= 0.6 is 0 Å². The molecule has 0 aliphatic carbocycles. The van der Waals surface area contributed by atoms with E-state index < -0.39 is 6.04 Å². The van der Waals surface area contributed by atoms with E-state index in [0.29, 0.717) is 35.6 Å². The minimum absolute atomic E-state index is 0.139. The van der Waals surface area contributed by atoms with E-state index in [2.05, 4.69) is 20.8 Å². The predicted molar refractivity (Wildman–Crippen MR) is 122 cm³/mol. The number of ether oxygens (including phenoxy) is 1. The van der Waals surface area contributed by atoms with E-state index in [0.717, 1.165) is 30.6 Å². The van der Waals surface area contributed by atoms with Crippen LogP contribution < -0.4 is 10.2 Å². The molecular formula is C26H29NO4. The molecule has 1 aliphatic heterocycles. The first-order valence-electron chi connectivity index (χ1n) is 11.1. The van der Waals surface area contributed by atoms with Gasteiger partial charge in [0, 0.05) is 6.54 Å². The van der Waals surface area contributed by atoms with Crippen LogP contribution in [0.2, 0.25) is 0 Å². The molecule has 0 fully saturated rings.